The number of nitrogens with zero attached hydrogens (tertiary/aromatic N) is 1. The summed E-state index contributed by atoms with van der Waals surface area (Å²) in [5.41, 5.74) is 1.72. The SMILES string of the molecule is O=C(COC(=O)c1ccccc1N1C(=O)[C@@H]2[C@H]3C=C[C@H]([C@H]4C[C@H]34)[C@@H]2C1=O)c1ccc(OCc2ccccc2)cc1. The van der Waals surface area contributed by atoms with E-state index in [2.05, 4.69) is 12.2 Å². The monoisotopic (exact) mass is 533 g/mol. The minimum atomic E-state index is -0.758. The van der Waals surface area contributed by atoms with E-state index < -0.39 is 12.6 Å². The summed E-state index contributed by atoms with van der Waals surface area (Å²) in [5.74, 6) is -0.570. The van der Waals surface area contributed by atoms with Crippen LogP contribution >= 0.6 is 0 Å². The van der Waals surface area contributed by atoms with Gasteiger partial charge in [-0.05, 0) is 72.1 Å². The standard InChI is InChI=1S/C33H27NO6/c35-28(20-10-12-21(13-11-20)39-17-19-6-2-1-3-7-19)18-40-33(38)24-8-4-5-9-27(24)34-31(36)29-22-14-15-23(26-16-25(22)26)30(29)32(34)37/h1-15,22-23,25-26,29-30H,16-18H2/t22-,23+,25-,26-,29+,30-/m1/s1. The zero-order chi connectivity index (χ0) is 27.4. The van der Waals surface area contributed by atoms with Crippen molar-refractivity contribution in [3.05, 3.63) is 108 Å². The first-order valence-corrected chi connectivity index (χ1v) is 13.6. The van der Waals surface area contributed by atoms with Crippen molar-refractivity contribution in [3.63, 3.8) is 0 Å². The third-order valence-corrected chi connectivity index (χ3v) is 8.79. The number of rotatable bonds is 8. The van der Waals surface area contributed by atoms with Crippen LogP contribution < -0.4 is 9.64 Å². The molecule has 1 heterocycles. The van der Waals surface area contributed by atoms with Crippen LogP contribution in [0.25, 0.3) is 0 Å². The number of benzene rings is 3. The van der Waals surface area contributed by atoms with Crippen molar-refractivity contribution in [1.29, 1.82) is 0 Å². The Morgan fingerprint density at radius 1 is 0.775 bits per heavy atom. The van der Waals surface area contributed by atoms with E-state index in [-0.39, 0.29) is 52.5 Å². The highest BCUT2D eigenvalue weighted by Gasteiger charge is 2.67. The number of carbonyl (C=O) groups excluding carboxylic acids is 4. The van der Waals surface area contributed by atoms with Gasteiger partial charge in [0.25, 0.3) is 0 Å². The zero-order valence-corrected chi connectivity index (χ0v) is 21.6. The number of allylic oxidation sites excluding steroid dienone is 2. The molecule has 2 saturated carbocycles. The number of carbonyl (C=O) groups is 4. The first kappa shape index (κ1) is 24.5. The maximum absolute atomic E-state index is 13.5. The number of para-hydroxylation sites is 1. The summed E-state index contributed by atoms with van der Waals surface area (Å²) in [5, 5.41) is 0. The Bertz CT molecular complexity index is 1510. The van der Waals surface area contributed by atoms with Gasteiger partial charge in [0.15, 0.2) is 12.4 Å². The predicted octanol–water partition coefficient (Wildman–Crippen LogP) is 4.86. The number of Topliss-reactive ketones (excluding diaryl/α,β-unsaturated/α-hetero) is 1. The molecule has 3 fully saturated rings. The highest BCUT2D eigenvalue weighted by molar-refractivity contribution is 6.24. The molecule has 200 valence electrons. The van der Waals surface area contributed by atoms with Crippen LogP contribution in [0.3, 0.4) is 0 Å². The second-order valence-electron chi connectivity index (χ2n) is 11.0. The van der Waals surface area contributed by atoms with Crippen LogP contribution in [-0.4, -0.2) is 30.2 Å². The second-order valence-corrected chi connectivity index (χ2v) is 11.0. The highest BCUT2D eigenvalue weighted by Crippen LogP contribution is 2.65. The Balaban J connectivity index is 1.01. The molecule has 1 saturated heterocycles. The van der Waals surface area contributed by atoms with Crippen LogP contribution in [0.2, 0.25) is 0 Å². The molecule has 5 aliphatic rings. The number of ether oxygens (including phenoxy) is 2. The molecule has 0 spiro atoms. The average Bonchev–Trinajstić information content (AvgIpc) is 3.78. The first-order chi connectivity index (χ1) is 19.5. The van der Waals surface area contributed by atoms with Crippen LogP contribution in [0.5, 0.6) is 5.75 Å². The van der Waals surface area contributed by atoms with Crippen LogP contribution in [0.15, 0.2) is 91.0 Å². The van der Waals surface area contributed by atoms with Gasteiger partial charge in [0.05, 0.1) is 23.1 Å². The van der Waals surface area contributed by atoms with E-state index >= 15 is 0 Å². The number of amides is 2. The predicted molar refractivity (Wildman–Crippen MR) is 145 cm³/mol. The maximum atomic E-state index is 13.5. The van der Waals surface area contributed by atoms with Crippen molar-refractivity contribution in [3.8, 4) is 5.75 Å². The van der Waals surface area contributed by atoms with Gasteiger partial charge in [0.2, 0.25) is 11.8 Å². The molecule has 8 rings (SSSR count). The topological polar surface area (TPSA) is 90.0 Å². The average molecular weight is 534 g/mol. The quantitative estimate of drug-likeness (QED) is 0.178. The summed E-state index contributed by atoms with van der Waals surface area (Å²) in [6.45, 7) is -0.0599. The third kappa shape index (κ3) is 4.04. The Hall–Kier alpha value is -4.52. The second kappa shape index (κ2) is 9.59. The van der Waals surface area contributed by atoms with Crippen molar-refractivity contribution in [2.45, 2.75) is 13.0 Å². The summed E-state index contributed by atoms with van der Waals surface area (Å²) in [6.07, 6.45) is 5.31. The Morgan fingerprint density at radius 2 is 1.40 bits per heavy atom. The van der Waals surface area contributed by atoms with Crippen LogP contribution in [-0.2, 0) is 20.9 Å². The smallest absolute Gasteiger partial charge is 0.340 e. The largest absolute Gasteiger partial charge is 0.489 e. The lowest BCUT2D eigenvalue weighted by molar-refractivity contribution is -0.124. The number of anilines is 1. The maximum Gasteiger partial charge on any atom is 0.340 e. The fourth-order valence-electron chi connectivity index (χ4n) is 6.81. The molecule has 3 aromatic rings. The molecule has 0 N–H and O–H groups in total. The van der Waals surface area contributed by atoms with Gasteiger partial charge >= 0.3 is 5.97 Å². The molecular formula is C33H27NO6. The molecule has 1 aliphatic heterocycles. The number of esters is 1. The van der Waals surface area contributed by atoms with Crippen LogP contribution in [0.4, 0.5) is 5.69 Å². The van der Waals surface area contributed by atoms with Gasteiger partial charge in [0, 0.05) is 5.56 Å². The number of hydrogen-bond acceptors (Lipinski definition) is 6. The van der Waals surface area contributed by atoms with Crippen molar-refractivity contribution in [1.82, 2.24) is 0 Å². The lowest BCUT2D eigenvalue weighted by atomic mass is 9.63. The van der Waals surface area contributed by atoms with Gasteiger partial charge < -0.3 is 9.47 Å². The van der Waals surface area contributed by atoms with Crippen LogP contribution in [0.1, 0.15) is 32.7 Å². The number of ketones is 1. The molecule has 7 nitrogen and oxygen atoms in total. The van der Waals surface area contributed by atoms with Gasteiger partial charge in [-0.3, -0.25) is 14.4 Å². The molecule has 0 aromatic heterocycles. The Morgan fingerprint density at radius 3 is 2.08 bits per heavy atom. The van der Waals surface area contributed by atoms with Gasteiger partial charge in [-0.25, -0.2) is 9.69 Å². The molecule has 3 aromatic carbocycles. The number of imide groups is 1. The number of hydrogen-bond donors (Lipinski definition) is 0. The lowest BCUT2D eigenvalue weighted by Gasteiger charge is -2.37. The van der Waals surface area contributed by atoms with E-state index in [1.807, 2.05) is 30.3 Å². The van der Waals surface area contributed by atoms with Crippen LogP contribution in [0, 0.1) is 35.5 Å². The fraction of sp³-hybridized carbons (Fsp3) is 0.273. The Kier molecular flexibility index (Phi) is 5.88. The third-order valence-electron chi connectivity index (χ3n) is 8.79. The van der Waals surface area contributed by atoms with Crippen molar-refractivity contribution < 1.29 is 28.7 Å². The minimum Gasteiger partial charge on any atom is -0.489 e. The first-order valence-electron chi connectivity index (χ1n) is 13.6. The molecular weight excluding hydrogens is 506 g/mol. The Labute approximate surface area is 231 Å². The van der Waals surface area contributed by atoms with Crippen molar-refractivity contribution in [2.24, 2.45) is 35.5 Å². The zero-order valence-electron chi connectivity index (χ0n) is 21.6. The lowest BCUT2D eigenvalue weighted by Crippen LogP contribution is -2.40. The summed E-state index contributed by atoms with van der Waals surface area (Å²) in [6, 6.07) is 22.9. The molecule has 0 unspecified atom stereocenters. The minimum absolute atomic E-state index is 0.0887. The summed E-state index contributed by atoms with van der Waals surface area (Å²) in [4.78, 5) is 54.1. The summed E-state index contributed by atoms with van der Waals surface area (Å²) >= 11 is 0. The van der Waals surface area contributed by atoms with E-state index in [9.17, 15) is 19.2 Å². The van der Waals surface area contributed by atoms with E-state index in [1.165, 1.54) is 11.0 Å². The van der Waals surface area contributed by atoms with Gasteiger partial charge in [0.1, 0.15) is 12.4 Å². The summed E-state index contributed by atoms with van der Waals surface area (Å²) < 4.78 is 11.1. The molecule has 0 radical (unpaired) electrons. The molecule has 7 heteroatoms. The molecule has 4 aliphatic carbocycles. The molecule has 6 atom stereocenters. The van der Waals surface area contributed by atoms with Crippen molar-refractivity contribution >= 4 is 29.3 Å². The van der Waals surface area contributed by atoms with E-state index in [1.54, 1.807) is 42.5 Å². The summed E-state index contributed by atoms with van der Waals surface area (Å²) in [7, 11) is 0. The van der Waals surface area contributed by atoms with Crippen molar-refractivity contribution in [2.75, 3.05) is 11.5 Å². The van der Waals surface area contributed by atoms with E-state index in [4.69, 9.17) is 9.47 Å². The van der Waals surface area contributed by atoms with E-state index in [0.29, 0.717) is 29.8 Å². The fourth-order valence-corrected chi connectivity index (χ4v) is 6.81. The van der Waals surface area contributed by atoms with E-state index in [0.717, 1.165) is 12.0 Å². The van der Waals surface area contributed by atoms with Gasteiger partial charge in [-0.15, -0.1) is 0 Å². The molecule has 2 amide bonds. The normalized spacial score (nSPS) is 27.2. The van der Waals surface area contributed by atoms with Gasteiger partial charge in [-0.1, -0.05) is 54.6 Å². The highest BCUT2D eigenvalue weighted by atomic mass is 16.5. The van der Waals surface area contributed by atoms with Gasteiger partial charge in [-0.2, -0.15) is 0 Å². The molecule has 2 bridgehead atoms. The molecule has 40 heavy (non-hydrogen) atoms.